The molecule has 2 saturated heterocycles. The first-order valence-electron chi connectivity index (χ1n) is 21.1. The number of fused-ring (bicyclic) bond motifs is 1. The smallest absolute Gasteiger partial charge is 0.416 e. The molecule has 69 heavy (non-hydrogen) atoms. The number of thiazole rings is 2. The van der Waals surface area contributed by atoms with Gasteiger partial charge in [-0.3, -0.25) is 4.79 Å². The Morgan fingerprint density at radius 2 is 1.04 bits per heavy atom. The minimum Gasteiger partial charge on any atom is -0.444 e. The summed E-state index contributed by atoms with van der Waals surface area (Å²) in [5, 5.41) is 4.18. The van der Waals surface area contributed by atoms with Gasteiger partial charge in [-0.25, -0.2) is 24.7 Å². The fraction of sp³-hybridized carbons (Fsp3) is 0.422. The molecule has 0 unspecified atom stereocenters. The molecular weight excluding hydrogens is 979 g/mol. The molecule has 24 heteroatoms. The zero-order valence-corrected chi connectivity index (χ0v) is 38.3. The molecule has 8 rings (SSSR count). The average Bonchev–Trinajstić information content (AvgIpc) is 4.06. The third kappa shape index (κ3) is 12.7. The van der Waals surface area contributed by atoms with E-state index < -0.39 is 58.7 Å². The predicted octanol–water partition coefficient (Wildman–Crippen LogP) is 13.0. The number of nitrogens with zero attached hydrogens (tertiary/aromatic N) is 7. The van der Waals surface area contributed by atoms with Crippen molar-refractivity contribution in [2.24, 2.45) is 0 Å². The van der Waals surface area contributed by atoms with Crippen LogP contribution in [0.3, 0.4) is 0 Å². The molecule has 0 atom stereocenters. The summed E-state index contributed by atoms with van der Waals surface area (Å²) >= 11 is 2.38. The van der Waals surface area contributed by atoms with E-state index in [2.05, 4.69) is 19.9 Å². The monoisotopic (exact) mass is 1020 g/mol. The topological polar surface area (TPSA) is 106 Å². The molecule has 370 valence electrons. The molecular formula is C45H41F12N7O3S2. The summed E-state index contributed by atoms with van der Waals surface area (Å²) in [7, 11) is 0. The summed E-state index contributed by atoms with van der Waals surface area (Å²) in [6.45, 7) is 7.18. The molecule has 6 heterocycles. The van der Waals surface area contributed by atoms with Crippen LogP contribution >= 0.6 is 22.7 Å². The van der Waals surface area contributed by atoms with Gasteiger partial charge >= 0.3 is 30.8 Å². The third-order valence-electron chi connectivity index (χ3n) is 11.2. The van der Waals surface area contributed by atoms with Crippen molar-refractivity contribution in [3.8, 4) is 22.5 Å². The summed E-state index contributed by atoms with van der Waals surface area (Å²) in [6.07, 6.45) is -14.6. The molecule has 2 fully saturated rings. The number of hydrogen-bond donors (Lipinski definition) is 0. The van der Waals surface area contributed by atoms with Crippen LogP contribution in [0, 0.1) is 0 Å². The summed E-state index contributed by atoms with van der Waals surface area (Å²) < 4.78 is 165. The maximum absolute atomic E-state index is 13.2. The molecule has 10 nitrogen and oxygen atoms in total. The maximum atomic E-state index is 13.2. The highest BCUT2D eigenvalue weighted by molar-refractivity contribution is 7.10. The predicted molar refractivity (Wildman–Crippen MR) is 231 cm³/mol. The Balaban J connectivity index is 0.000000206. The van der Waals surface area contributed by atoms with Gasteiger partial charge in [0.2, 0.25) is 5.91 Å². The summed E-state index contributed by atoms with van der Waals surface area (Å²) in [6, 6.07) is 6.50. The van der Waals surface area contributed by atoms with E-state index >= 15 is 0 Å². The Hall–Kier alpha value is -5.78. The number of carbonyl (C=O) groups excluding carboxylic acids is 2. The van der Waals surface area contributed by atoms with Gasteiger partial charge in [0.25, 0.3) is 0 Å². The first kappa shape index (κ1) is 51.1. The number of pyridine rings is 1. The summed E-state index contributed by atoms with van der Waals surface area (Å²) in [4.78, 5) is 45.5. The molecule has 0 aliphatic carbocycles. The molecule has 0 bridgehead atoms. The van der Waals surface area contributed by atoms with Crippen LogP contribution in [0.25, 0.3) is 33.7 Å². The van der Waals surface area contributed by atoms with Crippen LogP contribution in [0.1, 0.15) is 90.6 Å². The van der Waals surface area contributed by atoms with Crippen LogP contribution in [0.4, 0.5) is 57.5 Å². The second kappa shape index (κ2) is 19.5. The van der Waals surface area contributed by atoms with Gasteiger partial charge in [0.1, 0.15) is 17.7 Å². The van der Waals surface area contributed by atoms with Crippen molar-refractivity contribution in [1.82, 2.24) is 34.3 Å². The number of hydrogen-bond acceptors (Lipinski definition) is 9. The molecule has 2 amide bonds. The lowest BCUT2D eigenvalue weighted by molar-refractivity contribution is -0.144. The van der Waals surface area contributed by atoms with Crippen molar-refractivity contribution in [3.63, 3.8) is 0 Å². The fourth-order valence-corrected chi connectivity index (χ4v) is 9.69. The number of piperidine rings is 2. The van der Waals surface area contributed by atoms with Gasteiger partial charge in [0, 0.05) is 66.1 Å². The fourth-order valence-electron chi connectivity index (χ4n) is 7.69. The number of carbonyl (C=O) groups is 2. The van der Waals surface area contributed by atoms with Gasteiger partial charge in [0.05, 0.1) is 50.0 Å². The van der Waals surface area contributed by atoms with E-state index in [0.29, 0.717) is 97.3 Å². The van der Waals surface area contributed by atoms with Crippen molar-refractivity contribution >= 4 is 45.8 Å². The largest absolute Gasteiger partial charge is 0.444 e. The van der Waals surface area contributed by atoms with Crippen LogP contribution in [0.2, 0.25) is 0 Å². The standard InChI is InChI=1S/C24H19F6N5OS.C21H22F6N2O2S/c25-23(26,27)16-8-15(9-17(10-16)24(28,29)30)19-12-37-22(33-19)14-3-6-34(7-4-14)20(36)11-35-13-32-18-2-1-5-31-21(18)35;1-19(2,3)31-18(30)29-6-4-12(5-7-29)17-28-16(11-32-17)13-8-14(20(22,23)24)10-15(9-13)21(25,26)27/h1-2,5,8-10,12-14H,3-4,6-7,11H2;8-12H,4-7H2,1-3H3. The average molecular weight is 1020 g/mol. The highest BCUT2D eigenvalue weighted by Gasteiger charge is 2.39. The van der Waals surface area contributed by atoms with E-state index in [1.165, 1.54) is 33.4 Å². The number of amides is 2. The van der Waals surface area contributed by atoms with Gasteiger partial charge in [-0.2, -0.15) is 52.7 Å². The van der Waals surface area contributed by atoms with E-state index in [1.54, 1.807) is 59.8 Å². The van der Waals surface area contributed by atoms with Crippen molar-refractivity contribution in [2.45, 2.75) is 95.1 Å². The normalized spacial score (nSPS) is 15.9. The molecule has 0 radical (unpaired) electrons. The SMILES string of the molecule is CC(C)(C)OC(=O)N1CCC(c2nc(-c3cc(C(F)(F)F)cc(C(F)(F)F)c3)cs2)CC1.O=C(Cn1cnc2cccnc21)N1CCC(c2nc(-c3cc(C(F)(F)F)cc(C(F)(F)F)c3)cs2)CC1. The number of aromatic nitrogens is 5. The van der Waals surface area contributed by atoms with Gasteiger partial charge in [0.15, 0.2) is 5.65 Å². The van der Waals surface area contributed by atoms with Crippen LogP contribution in [-0.2, 0) is 40.8 Å². The molecule has 2 aliphatic rings. The minimum absolute atomic E-state index is 0.0414. The Morgan fingerprint density at radius 1 is 0.623 bits per heavy atom. The molecule has 0 spiro atoms. The lowest BCUT2D eigenvalue weighted by Crippen LogP contribution is -2.41. The van der Waals surface area contributed by atoms with Crippen molar-refractivity contribution in [3.05, 3.63) is 104 Å². The first-order chi connectivity index (χ1) is 32.1. The van der Waals surface area contributed by atoms with E-state index in [0.717, 1.165) is 0 Å². The number of imidazole rings is 1. The Labute approximate surface area is 394 Å². The number of likely N-dealkylation sites (tertiary alicyclic amines) is 2. The molecule has 2 aromatic carbocycles. The lowest BCUT2D eigenvalue weighted by Gasteiger charge is -2.32. The van der Waals surface area contributed by atoms with Gasteiger partial charge < -0.3 is 19.1 Å². The number of benzene rings is 2. The van der Waals surface area contributed by atoms with E-state index in [-0.39, 0.29) is 58.9 Å². The number of rotatable bonds is 6. The highest BCUT2D eigenvalue weighted by atomic mass is 32.1. The van der Waals surface area contributed by atoms with Crippen molar-refractivity contribution < 1.29 is 67.0 Å². The van der Waals surface area contributed by atoms with Crippen LogP contribution in [0.15, 0.2) is 71.8 Å². The van der Waals surface area contributed by atoms with Crippen molar-refractivity contribution in [2.75, 3.05) is 26.2 Å². The van der Waals surface area contributed by atoms with E-state index in [1.807, 2.05) is 0 Å². The number of alkyl halides is 12. The zero-order chi connectivity index (χ0) is 50.3. The highest BCUT2D eigenvalue weighted by Crippen LogP contribution is 2.42. The van der Waals surface area contributed by atoms with Gasteiger partial charge in [-0.15, -0.1) is 22.7 Å². The minimum atomic E-state index is -4.92. The third-order valence-corrected chi connectivity index (χ3v) is 13.2. The Morgan fingerprint density at radius 3 is 1.45 bits per heavy atom. The summed E-state index contributed by atoms with van der Waals surface area (Å²) in [5.41, 5.74) is -5.14. The second-order valence-corrected chi connectivity index (χ2v) is 19.1. The molecule has 0 N–H and O–H groups in total. The Kier molecular flexibility index (Phi) is 14.5. The molecule has 2 aliphatic heterocycles. The molecule has 4 aromatic heterocycles. The summed E-state index contributed by atoms with van der Waals surface area (Å²) in [5.74, 6) is -0.182. The van der Waals surface area contributed by atoms with Gasteiger partial charge in [-0.05, 0) is 95.0 Å². The maximum Gasteiger partial charge on any atom is 0.416 e. The Bertz CT molecular complexity index is 2710. The van der Waals surface area contributed by atoms with Crippen LogP contribution in [-0.4, -0.2) is 78.1 Å². The number of ether oxygens (including phenoxy) is 1. The lowest BCUT2D eigenvalue weighted by atomic mass is 9.97. The van der Waals surface area contributed by atoms with Crippen LogP contribution in [0.5, 0.6) is 0 Å². The second-order valence-electron chi connectivity index (χ2n) is 17.3. The van der Waals surface area contributed by atoms with E-state index in [4.69, 9.17) is 4.74 Å². The number of halogens is 12. The molecule has 0 saturated carbocycles. The van der Waals surface area contributed by atoms with E-state index in [9.17, 15) is 62.3 Å². The zero-order valence-electron chi connectivity index (χ0n) is 36.7. The van der Waals surface area contributed by atoms with Gasteiger partial charge in [-0.1, -0.05) is 0 Å². The van der Waals surface area contributed by atoms with Crippen molar-refractivity contribution in [1.29, 1.82) is 0 Å². The van der Waals surface area contributed by atoms with Crippen LogP contribution < -0.4 is 0 Å². The first-order valence-corrected chi connectivity index (χ1v) is 22.9. The molecule has 6 aromatic rings. The quantitative estimate of drug-likeness (QED) is 0.153.